The Morgan fingerprint density at radius 3 is 2.20 bits per heavy atom. The molecule has 1 aliphatic carbocycles. The molecule has 2 aliphatic rings. The summed E-state index contributed by atoms with van der Waals surface area (Å²) in [5.74, 6) is 0.309. The van der Waals surface area contributed by atoms with E-state index >= 15 is 0 Å². The van der Waals surface area contributed by atoms with Gasteiger partial charge in [-0.15, -0.1) is 0 Å². The first-order chi connectivity index (χ1) is 21.1. The number of aryl methyl sites for hydroxylation is 4. The smallest absolute Gasteiger partial charge is 0.0735 e. The molecule has 1 heterocycles. The minimum atomic E-state index is -0.330. The number of aliphatic hydroxyl groups excluding tert-OH is 1. The molecule has 0 fully saturated rings. The van der Waals surface area contributed by atoms with Crippen LogP contribution in [0, 0.1) is 33.6 Å². The Balaban J connectivity index is 1.64. The van der Waals surface area contributed by atoms with Crippen molar-refractivity contribution in [3.05, 3.63) is 128 Å². The second-order valence-corrected chi connectivity index (χ2v) is 15.3. The molecule has 6 rings (SSSR count). The van der Waals surface area contributed by atoms with Gasteiger partial charge in [-0.2, -0.15) is 0 Å². The second kappa shape index (κ2) is 11.0. The number of likely N-dealkylation sites (N-methyl/N-ethyl adjacent to an activating group) is 1. The second-order valence-electron chi connectivity index (χ2n) is 15.3. The number of hydrogen-bond donors (Lipinski definition) is 1. The predicted octanol–water partition coefficient (Wildman–Crippen LogP) is 10.5. The topological polar surface area (TPSA) is 23.5 Å². The van der Waals surface area contributed by atoms with Crippen LogP contribution in [0.2, 0.25) is 0 Å². The normalized spacial score (nSPS) is 18.2. The van der Waals surface area contributed by atoms with Crippen molar-refractivity contribution in [2.45, 2.75) is 98.6 Å². The number of fused-ring (bicyclic) bond motifs is 4. The van der Waals surface area contributed by atoms with Crippen LogP contribution in [-0.2, 0) is 10.8 Å². The van der Waals surface area contributed by atoms with Gasteiger partial charge < -0.3 is 10.0 Å². The summed E-state index contributed by atoms with van der Waals surface area (Å²) in [6.45, 7) is 22.7. The minimum Gasteiger partial charge on any atom is -0.393 e. The van der Waals surface area contributed by atoms with Crippen molar-refractivity contribution in [3.63, 3.8) is 0 Å². The van der Waals surface area contributed by atoms with E-state index in [-0.39, 0.29) is 23.0 Å². The van der Waals surface area contributed by atoms with Crippen molar-refractivity contribution in [2.24, 2.45) is 5.92 Å². The van der Waals surface area contributed by atoms with Crippen molar-refractivity contribution in [1.29, 1.82) is 0 Å². The molecule has 4 aromatic carbocycles. The number of anilines is 1. The minimum absolute atomic E-state index is 0.0592. The van der Waals surface area contributed by atoms with E-state index in [2.05, 4.69) is 147 Å². The third-order valence-corrected chi connectivity index (χ3v) is 11.2. The molecule has 4 aromatic rings. The summed E-state index contributed by atoms with van der Waals surface area (Å²) < 4.78 is 0. The molecule has 0 aromatic heterocycles. The van der Waals surface area contributed by atoms with Gasteiger partial charge >= 0.3 is 0 Å². The summed E-state index contributed by atoms with van der Waals surface area (Å²) in [4.78, 5) is 2.52. The summed E-state index contributed by atoms with van der Waals surface area (Å²) in [6.07, 6.45) is 2.98. The highest BCUT2D eigenvalue weighted by Crippen LogP contribution is 2.54. The van der Waals surface area contributed by atoms with Gasteiger partial charge in [0, 0.05) is 23.7 Å². The monoisotopic (exact) mass is 597 g/mol. The third kappa shape index (κ3) is 5.06. The van der Waals surface area contributed by atoms with Crippen LogP contribution in [0.3, 0.4) is 0 Å². The quantitative estimate of drug-likeness (QED) is 0.239. The van der Waals surface area contributed by atoms with Gasteiger partial charge in [0.1, 0.15) is 0 Å². The van der Waals surface area contributed by atoms with Crippen molar-refractivity contribution in [1.82, 2.24) is 0 Å². The molecule has 0 saturated carbocycles. The highest BCUT2D eigenvalue weighted by Gasteiger charge is 2.40. The molecule has 0 bridgehead atoms. The summed E-state index contributed by atoms with van der Waals surface area (Å²) in [6, 6.07) is 25.6. The lowest BCUT2D eigenvalue weighted by Crippen LogP contribution is -2.35. The van der Waals surface area contributed by atoms with Crippen LogP contribution in [0.15, 0.2) is 72.8 Å². The fourth-order valence-corrected chi connectivity index (χ4v) is 8.48. The van der Waals surface area contributed by atoms with Crippen LogP contribution in [0.1, 0.15) is 110 Å². The van der Waals surface area contributed by atoms with E-state index < -0.39 is 0 Å². The Morgan fingerprint density at radius 2 is 1.49 bits per heavy atom. The first-order valence-electron chi connectivity index (χ1n) is 16.7. The number of nitrogens with zero attached hydrogens (tertiary/aromatic N) is 1. The Kier molecular flexibility index (Phi) is 7.68. The maximum Gasteiger partial charge on any atom is 0.0735 e. The first kappa shape index (κ1) is 31.4. The molecule has 2 heteroatoms. The zero-order chi connectivity index (χ0) is 32.6. The molecule has 3 unspecified atom stereocenters. The standard InChI is InChI=1S/C43H51NO/c1-25-16-17-27(3)32(19-25)33-23-39(36-20-26(2)18-28(4)41(36)42(7,8)29(5)21-30(6)45)44(11)40-24-38-34(22-35(33)40)31-14-12-13-15-37(31)43(38,9)10/h12-20,22-24,29-30,39,45H,21H2,1-11H3. The number of aliphatic hydroxyl groups is 1. The average Bonchev–Trinajstić information content (AvgIpc) is 3.19. The van der Waals surface area contributed by atoms with Gasteiger partial charge in [-0.3, -0.25) is 0 Å². The van der Waals surface area contributed by atoms with E-state index in [0.29, 0.717) is 5.92 Å². The SMILES string of the molecule is Cc1ccc(C)c(C2=CC(c3cc(C)cc(C)c3C(C)(C)C(C)CC(C)O)N(C)c3cc4c(cc32)-c2ccccc2C4(C)C)c1. The molecular weight excluding hydrogens is 546 g/mol. The van der Waals surface area contributed by atoms with Gasteiger partial charge in [0.05, 0.1) is 12.1 Å². The van der Waals surface area contributed by atoms with E-state index in [1.165, 1.54) is 78.0 Å². The molecule has 1 N–H and O–H groups in total. The summed E-state index contributed by atoms with van der Waals surface area (Å²) in [7, 11) is 2.29. The third-order valence-electron chi connectivity index (χ3n) is 11.2. The van der Waals surface area contributed by atoms with Crippen LogP contribution in [-0.4, -0.2) is 18.3 Å². The molecular formula is C43H51NO. The molecule has 2 nitrogen and oxygen atoms in total. The van der Waals surface area contributed by atoms with E-state index in [4.69, 9.17) is 0 Å². The van der Waals surface area contributed by atoms with Crippen molar-refractivity contribution in [3.8, 4) is 11.1 Å². The highest BCUT2D eigenvalue weighted by molar-refractivity contribution is 5.95. The molecule has 3 atom stereocenters. The maximum absolute atomic E-state index is 10.4. The molecule has 0 radical (unpaired) electrons. The zero-order valence-electron chi connectivity index (χ0n) is 29.3. The number of benzene rings is 4. The first-order valence-corrected chi connectivity index (χ1v) is 16.7. The average molecular weight is 598 g/mol. The van der Waals surface area contributed by atoms with Gasteiger partial charge in [-0.1, -0.05) is 100 Å². The fourth-order valence-electron chi connectivity index (χ4n) is 8.48. The van der Waals surface area contributed by atoms with Gasteiger partial charge in [-0.05, 0) is 126 Å². The van der Waals surface area contributed by atoms with Gasteiger partial charge in [0.25, 0.3) is 0 Å². The van der Waals surface area contributed by atoms with E-state index in [1.807, 2.05) is 6.92 Å². The van der Waals surface area contributed by atoms with E-state index in [9.17, 15) is 5.11 Å². The van der Waals surface area contributed by atoms with Crippen LogP contribution < -0.4 is 4.90 Å². The van der Waals surface area contributed by atoms with Crippen molar-refractivity contribution < 1.29 is 5.11 Å². The largest absolute Gasteiger partial charge is 0.393 e. The predicted molar refractivity (Wildman–Crippen MR) is 193 cm³/mol. The van der Waals surface area contributed by atoms with Crippen LogP contribution in [0.25, 0.3) is 16.7 Å². The van der Waals surface area contributed by atoms with Crippen LogP contribution in [0.5, 0.6) is 0 Å². The summed E-state index contributed by atoms with van der Waals surface area (Å²) >= 11 is 0. The van der Waals surface area contributed by atoms with Gasteiger partial charge in [0.15, 0.2) is 0 Å². The Labute approximate surface area is 271 Å². The molecule has 0 spiro atoms. The van der Waals surface area contributed by atoms with Crippen LogP contribution >= 0.6 is 0 Å². The highest BCUT2D eigenvalue weighted by atomic mass is 16.3. The van der Waals surface area contributed by atoms with E-state index in [1.54, 1.807) is 0 Å². The molecule has 45 heavy (non-hydrogen) atoms. The van der Waals surface area contributed by atoms with E-state index in [0.717, 1.165) is 6.42 Å². The zero-order valence-corrected chi connectivity index (χ0v) is 29.3. The summed E-state index contributed by atoms with van der Waals surface area (Å²) in [5.41, 5.74) is 18.5. The Bertz CT molecular complexity index is 1840. The number of rotatable bonds is 6. The number of hydrogen-bond acceptors (Lipinski definition) is 2. The van der Waals surface area contributed by atoms with Crippen molar-refractivity contribution >= 4 is 11.3 Å². The molecule has 1 aliphatic heterocycles. The lowest BCUT2D eigenvalue weighted by molar-refractivity contribution is 0.141. The summed E-state index contributed by atoms with van der Waals surface area (Å²) in [5, 5.41) is 10.4. The molecule has 0 saturated heterocycles. The Hall–Kier alpha value is -3.62. The molecule has 0 amide bonds. The van der Waals surface area contributed by atoms with Crippen LogP contribution in [0.4, 0.5) is 5.69 Å². The lowest BCUT2D eigenvalue weighted by atomic mass is 9.67. The Morgan fingerprint density at radius 1 is 0.778 bits per heavy atom. The van der Waals surface area contributed by atoms with Crippen molar-refractivity contribution in [2.75, 3.05) is 11.9 Å². The van der Waals surface area contributed by atoms with Gasteiger partial charge in [0.2, 0.25) is 0 Å². The lowest BCUT2D eigenvalue weighted by Gasteiger charge is -2.42. The fraction of sp³-hybridized carbons (Fsp3) is 0.395. The molecule has 234 valence electrons. The maximum atomic E-state index is 10.4. The van der Waals surface area contributed by atoms with Gasteiger partial charge in [-0.25, -0.2) is 0 Å².